The zero-order valence-corrected chi connectivity index (χ0v) is 19.2. The number of amides is 1. The molecule has 2 heterocycles. The molecule has 1 saturated heterocycles. The Morgan fingerprint density at radius 1 is 1.17 bits per heavy atom. The number of carbonyl (C=O) groups is 1. The number of carbonyl (C=O) groups excluding carboxylic acids is 1. The number of hydrogen-bond donors (Lipinski definition) is 0. The molecular weight excluding hydrogens is 372 g/mol. The van der Waals surface area contributed by atoms with Crippen molar-refractivity contribution in [1.29, 1.82) is 0 Å². The van der Waals surface area contributed by atoms with Crippen LogP contribution in [0.1, 0.15) is 68.9 Å². The number of hydrogen-bond acceptors (Lipinski definition) is 3. The molecule has 0 N–H and O–H groups in total. The number of unbranched alkanes of at least 4 members (excludes halogenated alkanes) is 3. The zero-order chi connectivity index (χ0) is 21.5. The second-order valence-electron chi connectivity index (χ2n) is 8.45. The van der Waals surface area contributed by atoms with Gasteiger partial charge >= 0.3 is 0 Å². The molecule has 0 saturated carbocycles. The summed E-state index contributed by atoms with van der Waals surface area (Å²) >= 11 is 0. The third-order valence-electron chi connectivity index (χ3n) is 6.49. The summed E-state index contributed by atoms with van der Waals surface area (Å²) in [6.45, 7) is 10.3. The molecule has 0 spiro atoms. The number of nitrogens with zero attached hydrogens (tertiary/aromatic N) is 4. The molecule has 1 fully saturated rings. The molecular formula is C25H38N4O. The molecule has 2 aromatic rings. The number of rotatable bonds is 10. The third kappa shape index (κ3) is 5.12. The van der Waals surface area contributed by atoms with E-state index in [9.17, 15) is 4.79 Å². The first-order chi connectivity index (χ1) is 14.6. The Hall–Kier alpha value is -2.14. The highest BCUT2D eigenvalue weighted by atomic mass is 16.2. The minimum Gasteiger partial charge on any atom is -0.336 e. The largest absolute Gasteiger partial charge is 0.336 e. The average Bonchev–Trinajstić information content (AvgIpc) is 3.39. The first-order valence-electron chi connectivity index (χ1n) is 11.7. The van der Waals surface area contributed by atoms with Crippen molar-refractivity contribution in [2.24, 2.45) is 7.05 Å². The molecule has 1 aromatic heterocycles. The van der Waals surface area contributed by atoms with Gasteiger partial charge in [0, 0.05) is 31.7 Å². The highest BCUT2D eigenvalue weighted by molar-refractivity contribution is 5.93. The van der Waals surface area contributed by atoms with Crippen LogP contribution in [0.5, 0.6) is 0 Å². The summed E-state index contributed by atoms with van der Waals surface area (Å²) in [5, 5.41) is 0. The first-order valence-corrected chi connectivity index (χ1v) is 11.7. The predicted octanol–water partition coefficient (Wildman–Crippen LogP) is 4.77. The van der Waals surface area contributed by atoms with E-state index in [4.69, 9.17) is 0 Å². The number of aryl methyl sites for hydroxylation is 1. The summed E-state index contributed by atoms with van der Waals surface area (Å²) in [4.78, 5) is 22.2. The van der Waals surface area contributed by atoms with E-state index >= 15 is 0 Å². The summed E-state index contributed by atoms with van der Waals surface area (Å²) in [6.07, 6.45) is 8.97. The summed E-state index contributed by atoms with van der Waals surface area (Å²) in [5.74, 6) is 0.967. The maximum Gasteiger partial charge on any atom is 0.272 e. The molecule has 3 rings (SSSR count). The lowest BCUT2D eigenvalue weighted by atomic mass is 10.0. The topological polar surface area (TPSA) is 41.4 Å². The number of likely N-dealkylation sites (tertiary alicyclic amines) is 1. The van der Waals surface area contributed by atoms with E-state index in [1.54, 1.807) is 6.20 Å². The van der Waals surface area contributed by atoms with Gasteiger partial charge in [-0.05, 0) is 44.0 Å². The fourth-order valence-electron chi connectivity index (χ4n) is 4.62. The van der Waals surface area contributed by atoms with Crippen LogP contribution in [0.3, 0.4) is 0 Å². The maximum absolute atomic E-state index is 13.2. The zero-order valence-electron chi connectivity index (χ0n) is 19.2. The molecule has 164 valence electrons. The normalized spacial score (nSPS) is 16.6. The number of benzene rings is 1. The summed E-state index contributed by atoms with van der Waals surface area (Å²) in [5.41, 5.74) is 3.12. The fraction of sp³-hybridized carbons (Fsp3) is 0.600. The van der Waals surface area contributed by atoms with Gasteiger partial charge in [0.2, 0.25) is 0 Å². The lowest BCUT2D eigenvalue weighted by molar-refractivity contribution is 0.0768. The summed E-state index contributed by atoms with van der Waals surface area (Å²) in [6, 6.07) is 9.10. The summed E-state index contributed by atoms with van der Waals surface area (Å²) < 4.78 is 1.96. The standard InChI is InChI=1S/C25H38N4O/c1-5-8-9-10-12-20-13-11-14-21(17-20)24-26-18-23(27(24)4)25(30)29-16-15-22(19-29)28(6-2)7-3/h11,13-14,17-18,22H,5-10,12,15-16,19H2,1-4H3. The molecule has 5 nitrogen and oxygen atoms in total. The first kappa shape index (κ1) is 22.5. The Labute approximate surface area is 182 Å². The summed E-state index contributed by atoms with van der Waals surface area (Å²) in [7, 11) is 1.96. The smallest absolute Gasteiger partial charge is 0.272 e. The van der Waals surface area contributed by atoms with Crippen molar-refractivity contribution >= 4 is 5.91 Å². The van der Waals surface area contributed by atoms with Crippen molar-refractivity contribution in [3.05, 3.63) is 41.7 Å². The van der Waals surface area contributed by atoms with Gasteiger partial charge in [0.15, 0.2) is 0 Å². The van der Waals surface area contributed by atoms with Crippen LogP contribution in [0.25, 0.3) is 11.4 Å². The van der Waals surface area contributed by atoms with Crippen LogP contribution in [-0.2, 0) is 13.5 Å². The Morgan fingerprint density at radius 2 is 1.97 bits per heavy atom. The number of aromatic nitrogens is 2. The van der Waals surface area contributed by atoms with Gasteiger partial charge in [-0.15, -0.1) is 0 Å². The van der Waals surface area contributed by atoms with Crippen LogP contribution in [0.15, 0.2) is 30.5 Å². The van der Waals surface area contributed by atoms with Crippen molar-refractivity contribution < 1.29 is 4.79 Å². The lowest BCUT2D eigenvalue weighted by Crippen LogP contribution is -2.39. The van der Waals surface area contributed by atoms with E-state index in [-0.39, 0.29) is 5.91 Å². The minimum atomic E-state index is 0.0987. The molecule has 1 unspecified atom stereocenters. The number of likely N-dealkylation sites (N-methyl/N-ethyl adjacent to an activating group) is 1. The molecule has 0 bridgehead atoms. The monoisotopic (exact) mass is 410 g/mol. The van der Waals surface area contributed by atoms with Gasteiger partial charge in [-0.1, -0.05) is 58.2 Å². The Kier molecular flexibility index (Phi) is 8.08. The van der Waals surface area contributed by atoms with Gasteiger partial charge in [-0.25, -0.2) is 4.98 Å². The van der Waals surface area contributed by atoms with Gasteiger partial charge in [0.25, 0.3) is 5.91 Å². The van der Waals surface area contributed by atoms with Gasteiger partial charge in [-0.3, -0.25) is 9.69 Å². The molecule has 1 aromatic carbocycles. The quantitative estimate of drug-likeness (QED) is 0.530. The van der Waals surface area contributed by atoms with E-state index in [1.807, 2.05) is 16.5 Å². The van der Waals surface area contributed by atoms with E-state index in [1.165, 1.54) is 31.2 Å². The molecule has 0 radical (unpaired) electrons. The molecule has 1 atom stereocenters. The van der Waals surface area contributed by atoms with E-state index in [0.29, 0.717) is 11.7 Å². The molecule has 5 heteroatoms. The molecule has 1 aliphatic heterocycles. The average molecular weight is 411 g/mol. The second kappa shape index (κ2) is 10.8. The van der Waals surface area contributed by atoms with Crippen LogP contribution >= 0.6 is 0 Å². The van der Waals surface area contributed by atoms with Crippen LogP contribution < -0.4 is 0 Å². The highest BCUT2D eigenvalue weighted by Gasteiger charge is 2.31. The Balaban J connectivity index is 1.70. The van der Waals surface area contributed by atoms with Gasteiger partial charge in [-0.2, -0.15) is 0 Å². The van der Waals surface area contributed by atoms with Gasteiger partial charge < -0.3 is 9.47 Å². The third-order valence-corrected chi connectivity index (χ3v) is 6.49. The SMILES string of the molecule is CCCCCCc1cccc(-c2ncc(C(=O)N3CCC(N(CC)CC)C3)n2C)c1. The maximum atomic E-state index is 13.2. The minimum absolute atomic E-state index is 0.0987. The Morgan fingerprint density at radius 3 is 2.70 bits per heavy atom. The number of imidazole rings is 1. The molecule has 0 aliphatic carbocycles. The van der Waals surface area contributed by atoms with E-state index < -0.39 is 0 Å². The highest BCUT2D eigenvalue weighted by Crippen LogP contribution is 2.23. The van der Waals surface area contributed by atoms with Crippen molar-refractivity contribution in [2.45, 2.75) is 65.3 Å². The van der Waals surface area contributed by atoms with Crippen LogP contribution in [0, 0.1) is 0 Å². The van der Waals surface area contributed by atoms with Crippen molar-refractivity contribution in [2.75, 3.05) is 26.2 Å². The van der Waals surface area contributed by atoms with Crippen molar-refractivity contribution in [3.8, 4) is 11.4 Å². The van der Waals surface area contributed by atoms with Crippen LogP contribution in [0.2, 0.25) is 0 Å². The molecule has 1 amide bonds. The van der Waals surface area contributed by atoms with Crippen molar-refractivity contribution in [3.63, 3.8) is 0 Å². The fourth-order valence-corrected chi connectivity index (χ4v) is 4.62. The second-order valence-corrected chi connectivity index (χ2v) is 8.45. The van der Waals surface area contributed by atoms with Gasteiger partial charge in [0.05, 0.1) is 6.20 Å². The molecule has 1 aliphatic rings. The molecule has 30 heavy (non-hydrogen) atoms. The Bertz CT molecular complexity index is 824. The van der Waals surface area contributed by atoms with E-state index in [0.717, 1.165) is 50.4 Å². The van der Waals surface area contributed by atoms with E-state index in [2.05, 4.69) is 54.9 Å². The van der Waals surface area contributed by atoms with Crippen LogP contribution in [0.4, 0.5) is 0 Å². The van der Waals surface area contributed by atoms with Gasteiger partial charge in [0.1, 0.15) is 11.5 Å². The van der Waals surface area contributed by atoms with Crippen LogP contribution in [-0.4, -0.2) is 57.5 Å². The predicted molar refractivity (Wildman–Crippen MR) is 124 cm³/mol. The van der Waals surface area contributed by atoms with Crippen molar-refractivity contribution in [1.82, 2.24) is 19.4 Å². The lowest BCUT2D eigenvalue weighted by Gasteiger charge is -2.26.